The molecule has 0 aliphatic heterocycles. The van der Waals surface area contributed by atoms with Gasteiger partial charge in [0.1, 0.15) is 10.9 Å². The first-order valence-corrected chi connectivity index (χ1v) is 10.5. The van der Waals surface area contributed by atoms with Gasteiger partial charge < -0.3 is 9.15 Å². The van der Waals surface area contributed by atoms with Gasteiger partial charge in [-0.05, 0) is 49.7 Å². The van der Waals surface area contributed by atoms with Crippen molar-refractivity contribution >= 4 is 40.9 Å². The van der Waals surface area contributed by atoms with Gasteiger partial charge in [-0.25, -0.2) is 4.98 Å². The summed E-state index contributed by atoms with van der Waals surface area (Å²) in [6.07, 6.45) is 0.610. The van der Waals surface area contributed by atoms with E-state index in [0.29, 0.717) is 39.7 Å². The first kappa shape index (κ1) is 20.8. The molecule has 146 valence electrons. The summed E-state index contributed by atoms with van der Waals surface area (Å²) >= 11 is 13.3. The van der Waals surface area contributed by atoms with Gasteiger partial charge >= 0.3 is 5.97 Å². The van der Waals surface area contributed by atoms with Gasteiger partial charge in [-0.1, -0.05) is 54.0 Å². The third-order valence-electron chi connectivity index (χ3n) is 3.99. The molecule has 0 aliphatic rings. The van der Waals surface area contributed by atoms with E-state index >= 15 is 0 Å². The predicted molar refractivity (Wildman–Crippen MR) is 114 cm³/mol. The smallest absolute Gasteiger partial charge is 0.319 e. The molecular formula is C21H19Cl2NO3S. The molecule has 0 N–H and O–H groups in total. The van der Waals surface area contributed by atoms with Crippen molar-refractivity contribution < 1.29 is 13.9 Å². The molecule has 0 bridgehead atoms. The van der Waals surface area contributed by atoms with Crippen LogP contribution in [0.5, 0.6) is 0 Å². The highest BCUT2D eigenvalue weighted by atomic mass is 35.5. The number of benzene rings is 2. The monoisotopic (exact) mass is 435 g/mol. The average Bonchev–Trinajstić information content (AvgIpc) is 3.11. The number of oxazole rings is 1. The number of halogens is 2. The largest absolute Gasteiger partial charge is 0.465 e. The summed E-state index contributed by atoms with van der Waals surface area (Å²) in [5.74, 6) is 0.342. The maximum absolute atomic E-state index is 12.1. The lowest BCUT2D eigenvalue weighted by molar-refractivity contribution is -0.142. The van der Waals surface area contributed by atoms with Crippen LogP contribution in [0.1, 0.15) is 20.3 Å². The Labute approximate surface area is 178 Å². The zero-order valence-electron chi connectivity index (χ0n) is 15.4. The van der Waals surface area contributed by atoms with Crippen LogP contribution in [-0.4, -0.2) is 22.8 Å². The van der Waals surface area contributed by atoms with E-state index in [1.165, 1.54) is 11.8 Å². The number of rotatable bonds is 7. The van der Waals surface area contributed by atoms with Crippen molar-refractivity contribution in [2.24, 2.45) is 0 Å². The Kier molecular flexibility index (Phi) is 7.05. The first-order valence-electron chi connectivity index (χ1n) is 8.87. The highest BCUT2D eigenvalue weighted by Gasteiger charge is 2.24. The molecule has 0 fully saturated rings. The van der Waals surface area contributed by atoms with Crippen molar-refractivity contribution in [1.29, 1.82) is 0 Å². The third-order valence-corrected chi connectivity index (χ3v) is 5.69. The maximum atomic E-state index is 12.1. The highest BCUT2D eigenvalue weighted by Crippen LogP contribution is 2.38. The second-order valence-corrected chi connectivity index (χ2v) is 7.96. The molecule has 4 nitrogen and oxygen atoms in total. The van der Waals surface area contributed by atoms with Crippen molar-refractivity contribution in [1.82, 2.24) is 4.98 Å². The number of nitrogens with zero attached hydrogens (tertiary/aromatic N) is 1. The molecule has 3 aromatic rings. The quantitative estimate of drug-likeness (QED) is 0.303. The minimum absolute atomic E-state index is 0.269. The second-order valence-electron chi connectivity index (χ2n) is 5.94. The molecule has 2 aromatic carbocycles. The van der Waals surface area contributed by atoms with E-state index in [1.54, 1.807) is 31.2 Å². The summed E-state index contributed by atoms with van der Waals surface area (Å²) in [6, 6.07) is 14.7. The molecule has 3 rings (SSSR count). The number of esters is 1. The molecule has 0 spiro atoms. The normalized spacial score (nSPS) is 12.0. The van der Waals surface area contributed by atoms with Crippen molar-refractivity contribution in [3.63, 3.8) is 0 Å². The Hall–Kier alpha value is -1.95. The summed E-state index contributed by atoms with van der Waals surface area (Å²) in [4.78, 5) is 16.8. The fraction of sp³-hybridized carbons (Fsp3) is 0.238. The van der Waals surface area contributed by atoms with Crippen LogP contribution in [0.4, 0.5) is 0 Å². The van der Waals surface area contributed by atoms with Crippen LogP contribution in [0.25, 0.3) is 22.6 Å². The van der Waals surface area contributed by atoms with Crippen molar-refractivity contribution in [2.45, 2.75) is 30.7 Å². The lowest BCUT2D eigenvalue weighted by Gasteiger charge is -2.10. The van der Waals surface area contributed by atoms with E-state index in [0.717, 1.165) is 11.1 Å². The van der Waals surface area contributed by atoms with Crippen LogP contribution >= 0.6 is 35.0 Å². The molecule has 7 heteroatoms. The van der Waals surface area contributed by atoms with Crippen LogP contribution < -0.4 is 0 Å². The van der Waals surface area contributed by atoms with Gasteiger partial charge in [0.25, 0.3) is 5.22 Å². The molecule has 1 heterocycles. The summed E-state index contributed by atoms with van der Waals surface area (Å²) in [6.45, 7) is 4.06. The number of carbonyl (C=O) groups is 1. The van der Waals surface area contributed by atoms with E-state index < -0.39 is 0 Å². The van der Waals surface area contributed by atoms with E-state index in [-0.39, 0.29) is 11.2 Å². The summed E-state index contributed by atoms with van der Waals surface area (Å²) in [5, 5.41) is 1.31. The number of thioether (sulfide) groups is 1. The lowest BCUT2D eigenvalue weighted by atomic mass is 10.1. The van der Waals surface area contributed by atoms with Crippen LogP contribution in [0.15, 0.2) is 58.2 Å². The Morgan fingerprint density at radius 2 is 1.61 bits per heavy atom. The van der Waals surface area contributed by atoms with Crippen LogP contribution in [-0.2, 0) is 9.53 Å². The number of aromatic nitrogens is 1. The Bertz CT molecular complexity index is 876. The minimum atomic E-state index is -0.380. The lowest BCUT2D eigenvalue weighted by Crippen LogP contribution is -2.19. The van der Waals surface area contributed by atoms with Crippen molar-refractivity contribution in [3.05, 3.63) is 58.6 Å². The third kappa shape index (κ3) is 4.90. The molecule has 0 radical (unpaired) electrons. The number of hydrogen-bond acceptors (Lipinski definition) is 5. The van der Waals surface area contributed by atoms with Crippen LogP contribution in [0.3, 0.4) is 0 Å². The standard InChI is InChI=1S/C21H19Cl2NO3S/c1-3-17(20(25)26-4-2)28-21-24-18(13-5-9-15(22)10-6-13)19(27-21)14-7-11-16(23)12-8-14/h5-12,17H,3-4H2,1-2H3. The van der Waals surface area contributed by atoms with Gasteiger partial charge in [0.2, 0.25) is 0 Å². The Balaban J connectivity index is 2.00. The van der Waals surface area contributed by atoms with Crippen molar-refractivity contribution in [3.8, 4) is 22.6 Å². The van der Waals surface area contributed by atoms with Gasteiger partial charge in [-0.2, -0.15) is 0 Å². The number of ether oxygens (including phenoxy) is 1. The summed E-state index contributed by atoms with van der Waals surface area (Å²) in [7, 11) is 0. The van der Waals surface area contributed by atoms with Gasteiger partial charge in [0.05, 0.1) is 6.61 Å². The minimum Gasteiger partial charge on any atom is -0.465 e. The molecule has 1 atom stereocenters. The summed E-state index contributed by atoms with van der Waals surface area (Å²) < 4.78 is 11.2. The van der Waals surface area contributed by atoms with Gasteiger partial charge in [0.15, 0.2) is 5.76 Å². The summed E-state index contributed by atoms with van der Waals surface area (Å²) in [5.41, 5.74) is 2.40. The number of carbonyl (C=O) groups excluding carboxylic acids is 1. The zero-order chi connectivity index (χ0) is 20.1. The number of hydrogen-bond donors (Lipinski definition) is 0. The van der Waals surface area contributed by atoms with E-state index in [1.807, 2.05) is 31.2 Å². The predicted octanol–water partition coefficient (Wildman–Crippen LogP) is 6.75. The fourth-order valence-corrected chi connectivity index (χ4v) is 3.71. The average molecular weight is 436 g/mol. The fourth-order valence-electron chi connectivity index (χ4n) is 2.61. The molecule has 0 aliphatic carbocycles. The molecule has 1 unspecified atom stereocenters. The molecule has 28 heavy (non-hydrogen) atoms. The van der Waals surface area contributed by atoms with Gasteiger partial charge in [-0.3, -0.25) is 4.79 Å². The first-order chi connectivity index (χ1) is 13.5. The maximum Gasteiger partial charge on any atom is 0.319 e. The molecular weight excluding hydrogens is 417 g/mol. The van der Waals surface area contributed by atoms with Gasteiger partial charge in [-0.15, -0.1) is 0 Å². The molecule has 0 saturated carbocycles. The van der Waals surface area contributed by atoms with Crippen LogP contribution in [0, 0.1) is 0 Å². The Morgan fingerprint density at radius 3 is 2.14 bits per heavy atom. The molecule has 0 amide bonds. The van der Waals surface area contributed by atoms with Crippen LogP contribution in [0.2, 0.25) is 10.0 Å². The SMILES string of the molecule is CCOC(=O)C(CC)Sc1nc(-c2ccc(Cl)cc2)c(-c2ccc(Cl)cc2)o1. The topological polar surface area (TPSA) is 52.3 Å². The van der Waals surface area contributed by atoms with E-state index in [2.05, 4.69) is 4.98 Å². The zero-order valence-corrected chi connectivity index (χ0v) is 17.8. The Morgan fingerprint density at radius 1 is 1.04 bits per heavy atom. The second kappa shape index (κ2) is 9.50. The molecule has 1 aromatic heterocycles. The highest BCUT2D eigenvalue weighted by molar-refractivity contribution is 8.00. The van der Waals surface area contributed by atoms with Crippen molar-refractivity contribution in [2.75, 3.05) is 6.61 Å². The van der Waals surface area contributed by atoms with E-state index in [9.17, 15) is 4.79 Å². The van der Waals surface area contributed by atoms with Gasteiger partial charge in [0, 0.05) is 21.2 Å². The molecule has 0 saturated heterocycles. The van der Waals surface area contributed by atoms with E-state index in [4.69, 9.17) is 32.4 Å².